The molecule has 0 aliphatic heterocycles. The van der Waals surface area contributed by atoms with Crippen molar-refractivity contribution in [2.24, 2.45) is 7.05 Å². The first-order chi connectivity index (χ1) is 9.00. The van der Waals surface area contributed by atoms with Crippen molar-refractivity contribution in [3.63, 3.8) is 0 Å². The van der Waals surface area contributed by atoms with Gasteiger partial charge in [0.15, 0.2) is 10.8 Å². The second kappa shape index (κ2) is 5.41. The molecular formula is C12H16N4O2S. The zero-order valence-corrected chi connectivity index (χ0v) is 11.4. The molecule has 0 spiro atoms. The van der Waals surface area contributed by atoms with E-state index in [1.54, 1.807) is 7.05 Å². The van der Waals surface area contributed by atoms with Gasteiger partial charge in [0, 0.05) is 13.6 Å². The van der Waals surface area contributed by atoms with Crippen LogP contribution in [0.1, 0.15) is 5.56 Å². The number of rotatable bonds is 5. The van der Waals surface area contributed by atoms with Crippen LogP contribution in [0.4, 0.5) is 5.82 Å². The lowest BCUT2D eigenvalue weighted by Crippen LogP contribution is -2.28. The van der Waals surface area contributed by atoms with Gasteiger partial charge in [-0.1, -0.05) is 30.3 Å². The predicted molar refractivity (Wildman–Crippen MR) is 73.0 cm³/mol. The van der Waals surface area contributed by atoms with Gasteiger partial charge in [0.1, 0.15) is 0 Å². The molecule has 0 radical (unpaired) electrons. The SMILES string of the molecule is Cn1cnc(N)c1S(=O)(=O)NCCc1ccccc1. The van der Waals surface area contributed by atoms with Crippen molar-refractivity contribution in [1.82, 2.24) is 14.3 Å². The Labute approximate surface area is 112 Å². The minimum atomic E-state index is -3.62. The maximum Gasteiger partial charge on any atom is 0.260 e. The van der Waals surface area contributed by atoms with Crippen molar-refractivity contribution >= 4 is 15.8 Å². The Morgan fingerprint density at radius 3 is 2.58 bits per heavy atom. The van der Waals surface area contributed by atoms with Crippen LogP contribution in [-0.4, -0.2) is 24.5 Å². The van der Waals surface area contributed by atoms with E-state index in [2.05, 4.69) is 9.71 Å². The first-order valence-electron chi connectivity index (χ1n) is 5.81. The summed E-state index contributed by atoms with van der Waals surface area (Å²) in [6.45, 7) is 0.316. The van der Waals surface area contributed by atoms with E-state index in [9.17, 15) is 8.42 Å². The van der Waals surface area contributed by atoms with E-state index < -0.39 is 10.0 Å². The number of aryl methyl sites for hydroxylation is 1. The van der Waals surface area contributed by atoms with Gasteiger partial charge >= 0.3 is 0 Å². The number of nitrogens with two attached hydrogens (primary N) is 1. The quantitative estimate of drug-likeness (QED) is 0.835. The molecule has 7 heteroatoms. The summed E-state index contributed by atoms with van der Waals surface area (Å²) in [5, 5.41) is 0.000520. The van der Waals surface area contributed by atoms with Crippen LogP contribution in [0.15, 0.2) is 41.7 Å². The summed E-state index contributed by atoms with van der Waals surface area (Å²) in [6.07, 6.45) is 2.00. The molecule has 0 amide bonds. The first kappa shape index (κ1) is 13.6. The van der Waals surface area contributed by atoms with Gasteiger partial charge in [0.2, 0.25) is 0 Å². The van der Waals surface area contributed by atoms with Crippen LogP contribution in [0.5, 0.6) is 0 Å². The lowest BCUT2D eigenvalue weighted by molar-refractivity contribution is 0.572. The monoisotopic (exact) mass is 280 g/mol. The molecule has 3 N–H and O–H groups in total. The van der Waals surface area contributed by atoms with Crippen LogP contribution >= 0.6 is 0 Å². The molecule has 0 bridgehead atoms. The summed E-state index contributed by atoms with van der Waals surface area (Å²) in [4.78, 5) is 3.77. The third-order valence-corrected chi connectivity index (χ3v) is 4.30. The highest BCUT2D eigenvalue weighted by molar-refractivity contribution is 7.89. The van der Waals surface area contributed by atoms with E-state index in [1.807, 2.05) is 30.3 Å². The van der Waals surface area contributed by atoms with Crippen LogP contribution in [0.3, 0.4) is 0 Å². The van der Waals surface area contributed by atoms with Gasteiger partial charge in [-0.3, -0.25) is 0 Å². The third kappa shape index (κ3) is 3.12. The number of sulfonamides is 1. The largest absolute Gasteiger partial charge is 0.381 e. The molecule has 102 valence electrons. The summed E-state index contributed by atoms with van der Waals surface area (Å²) < 4.78 is 28.1. The predicted octanol–water partition coefficient (Wildman–Crippen LogP) is 0.523. The zero-order chi connectivity index (χ0) is 13.9. The fraction of sp³-hybridized carbons (Fsp3) is 0.250. The van der Waals surface area contributed by atoms with E-state index in [4.69, 9.17) is 5.73 Å². The summed E-state index contributed by atoms with van der Waals surface area (Å²) in [5.74, 6) is 0.00899. The van der Waals surface area contributed by atoms with Crippen molar-refractivity contribution in [3.8, 4) is 0 Å². The Morgan fingerprint density at radius 1 is 1.32 bits per heavy atom. The second-order valence-electron chi connectivity index (χ2n) is 4.18. The van der Waals surface area contributed by atoms with Crippen molar-refractivity contribution in [2.75, 3.05) is 12.3 Å². The average molecular weight is 280 g/mol. The third-order valence-electron chi connectivity index (χ3n) is 2.71. The lowest BCUT2D eigenvalue weighted by Gasteiger charge is -2.07. The molecule has 1 aromatic heterocycles. The molecule has 2 rings (SSSR count). The maximum absolute atomic E-state index is 12.1. The number of hydrogen-bond donors (Lipinski definition) is 2. The molecule has 1 heterocycles. The molecule has 2 aromatic rings. The lowest BCUT2D eigenvalue weighted by atomic mass is 10.2. The van der Waals surface area contributed by atoms with Crippen LogP contribution in [0, 0.1) is 0 Å². The maximum atomic E-state index is 12.1. The number of benzene rings is 1. The molecule has 0 saturated heterocycles. The average Bonchev–Trinajstić information content (AvgIpc) is 2.70. The number of imidazole rings is 1. The van der Waals surface area contributed by atoms with Gasteiger partial charge < -0.3 is 10.3 Å². The van der Waals surface area contributed by atoms with E-state index in [0.29, 0.717) is 13.0 Å². The first-order valence-corrected chi connectivity index (χ1v) is 7.29. The second-order valence-corrected chi connectivity index (χ2v) is 5.86. The molecule has 6 nitrogen and oxygen atoms in total. The van der Waals surface area contributed by atoms with Gasteiger partial charge in [-0.05, 0) is 12.0 Å². The fourth-order valence-corrected chi connectivity index (χ4v) is 3.07. The summed E-state index contributed by atoms with van der Waals surface area (Å²) in [7, 11) is -2.03. The Morgan fingerprint density at radius 2 is 2.00 bits per heavy atom. The molecular weight excluding hydrogens is 264 g/mol. The smallest absolute Gasteiger partial charge is 0.260 e. The van der Waals surface area contributed by atoms with Gasteiger partial charge in [0.25, 0.3) is 10.0 Å². The molecule has 0 aliphatic carbocycles. The molecule has 0 atom stereocenters. The van der Waals surface area contributed by atoms with Crippen molar-refractivity contribution in [3.05, 3.63) is 42.2 Å². The van der Waals surface area contributed by atoms with Gasteiger partial charge in [0.05, 0.1) is 6.33 Å². The van der Waals surface area contributed by atoms with Crippen molar-refractivity contribution in [1.29, 1.82) is 0 Å². The van der Waals surface area contributed by atoms with Gasteiger partial charge in [-0.25, -0.2) is 18.1 Å². The zero-order valence-electron chi connectivity index (χ0n) is 10.6. The Balaban J connectivity index is 2.03. The fourth-order valence-electron chi connectivity index (χ4n) is 1.81. The number of nitrogens with zero attached hydrogens (tertiary/aromatic N) is 2. The summed E-state index contributed by atoms with van der Waals surface area (Å²) in [5.41, 5.74) is 6.63. The van der Waals surface area contributed by atoms with Crippen molar-refractivity contribution in [2.45, 2.75) is 11.4 Å². The Hall–Kier alpha value is -1.86. The summed E-state index contributed by atoms with van der Waals surface area (Å²) in [6, 6.07) is 9.66. The molecule has 19 heavy (non-hydrogen) atoms. The molecule has 0 aliphatic rings. The molecule has 0 saturated carbocycles. The van der Waals surface area contributed by atoms with E-state index in [1.165, 1.54) is 10.9 Å². The topological polar surface area (TPSA) is 90.0 Å². The minimum Gasteiger partial charge on any atom is -0.381 e. The number of hydrogen-bond acceptors (Lipinski definition) is 4. The highest BCUT2D eigenvalue weighted by Crippen LogP contribution is 2.14. The van der Waals surface area contributed by atoms with Crippen LogP contribution < -0.4 is 10.5 Å². The molecule has 1 aromatic carbocycles. The van der Waals surface area contributed by atoms with Crippen LogP contribution in [0.2, 0.25) is 0 Å². The van der Waals surface area contributed by atoms with E-state index in [-0.39, 0.29) is 10.8 Å². The highest BCUT2D eigenvalue weighted by Gasteiger charge is 2.21. The normalized spacial score (nSPS) is 11.6. The molecule has 0 unspecified atom stereocenters. The number of anilines is 1. The Kier molecular flexibility index (Phi) is 3.87. The minimum absolute atomic E-state index is 0.000520. The molecule has 0 fully saturated rings. The summed E-state index contributed by atoms with van der Waals surface area (Å²) >= 11 is 0. The van der Waals surface area contributed by atoms with Crippen LogP contribution in [0.25, 0.3) is 0 Å². The van der Waals surface area contributed by atoms with E-state index in [0.717, 1.165) is 5.56 Å². The van der Waals surface area contributed by atoms with Gasteiger partial charge in [-0.15, -0.1) is 0 Å². The number of nitrogens with one attached hydrogen (secondary N) is 1. The number of nitrogen functional groups attached to an aromatic ring is 1. The number of aromatic nitrogens is 2. The van der Waals surface area contributed by atoms with Crippen molar-refractivity contribution < 1.29 is 8.42 Å². The van der Waals surface area contributed by atoms with Crippen LogP contribution in [-0.2, 0) is 23.5 Å². The standard InChI is InChI=1S/C12H16N4O2S/c1-16-9-14-11(13)12(16)19(17,18)15-8-7-10-5-3-2-4-6-10/h2-6,9,15H,7-8,13H2,1H3. The van der Waals surface area contributed by atoms with Gasteiger partial charge in [-0.2, -0.15) is 0 Å². The van der Waals surface area contributed by atoms with E-state index >= 15 is 0 Å². The highest BCUT2D eigenvalue weighted by atomic mass is 32.2. The Bertz CT molecular complexity index is 630.